The number of nitrogens with one attached hydrogen (secondary N) is 3. The van der Waals surface area contributed by atoms with E-state index in [0.29, 0.717) is 36.7 Å². The van der Waals surface area contributed by atoms with Crippen molar-refractivity contribution < 1.29 is 22.7 Å². The molecule has 2 atom stereocenters. The standard InChI is InChI=1S/C36H51N7O5S/c1-23(2)32(42(7)8)34-40-39-31-18-17-26(22-43(31)34)48-30(27-15-12-11-14-24(27)3)16-13-19-37-35(44)38-28-20-25(36(4,5)6)21-29(33(28)47-9)41-49(10,45)46/h11-12,14-15,17-18,20-23,30,32,41H,13,16,19H2,1-10H3,(H2,37,38,44)/t30-,32+/m1/s1. The molecule has 2 aromatic heterocycles. The zero-order chi connectivity index (χ0) is 36.1. The summed E-state index contributed by atoms with van der Waals surface area (Å²) in [5.41, 5.74) is 4.05. The van der Waals surface area contributed by atoms with Crippen molar-refractivity contribution in [2.75, 3.05) is 44.0 Å². The van der Waals surface area contributed by atoms with Crippen LogP contribution in [0.1, 0.15) is 82.1 Å². The molecular formula is C36H51N7O5S. The van der Waals surface area contributed by atoms with Crippen LogP contribution >= 0.6 is 0 Å². The molecule has 0 spiro atoms. The molecule has 2 amide bonds. The molecule has 0 aliphatic carbocycles. The monoisotopic (exact) mass is 693 g/mol. The van der Waals surface area contributed by atoms with Crippen molar-refractivity contribution in [2.24, 2.45) is 5.92 Å². The maximum Gasteiger partial charge on any atom is 0.319 e. The second kappa shape index (κ2) is 15.5. The first kappa shape index (κ1) is 37.5. The van der Waals surface area contributed by atoms with Gasteiger partial charge in [0.2, 0.25) is 10.0 Å². The number of benzene rings is 2. The van der Waals surface area contributed by atoms with Gasteiger partial charge in [0.15, 0.2) is 17.2 Å². The van der Waals surface area contributed by atoms with E-state index in [4.69, 9.17) is 9.47 Å². The third-order valence-electron chi connectivity index (χ3n) is 8.30. The summed E-state index contributed by atoms with van der Waals surface area (Å²) in [6.07, 6.45) is 4.01. The molecule has 266 valence electrons. The lowest BCUT2D eigenvalue weighted by Crippen LogP contribution is -2.30. The Kier molecular flexibility index (Phi) is 11.8. The van der Waals surface area contributed by atoms with Gasteiger partial charge in [-0.2, -0.15) is 0 Å². The molecule has 0 saturated heterocycles. The Labute approximate surface area is 290 Å². The maximum absolute atomic E-state index is 13.1. The number of methoxy groups -OCH3 is 1. The number of hydrogen-bond donors (Lipinski definition) is 3. The number of anilines is 2. The van der Waals surface area contributed by atoms with Crippen LogP contribution in [0.15, 0.2) is 54.7 Å². The molecule has 0 unspecified atom stereocenters. The number of fused-ring (bicyclic) bond motifs is 1. The van der Waals surface area contributed by atoms with E-state index >= 15 is 0 Å². The summed E-state index contributed by atoms with van der Waals surface area (Å²) >= 11 is 0. The highest BCUT2D eigenvalue weighted by atomic mass is 32.2. The molecule has 0 radical (unpaired) electrons. The lowest BCUT2D eigenvalue weighted by Gasteiger charge is -2.26. The van der Waals surface area contributed by atoms with Crippen molar-refractivity contribution >= 4 is 33.1 Å². The van der Waals surface area contributed by atoms with Crippen molar-refractivity contribution in [3.05, 3.63) is 77.2 Å². The van der Waals surface area contributed by atoms with Gasteiger partial charge in [-0.3, -0.25) is 14.0 Å². The number of nitrogens with zero attached hydrogens (tertiary/aromatic N) is 4. The van der Waals surface area contributed by atoms with Crippen molar-refractivity contribution in [2.45, 2.75) is 71.9 Å². The third-order valence-corrected chi connectivity index (χ3v) is 8.89. The molecule has 49 heavy (non-hydrogen) atoms. The third kappa shape index (κ3) is 9.63. The minimum absolute atomic E-state index is 0.0769. The number of carbonyl (C=O) groups excluding carboxylic acids is 1. The average Bonchev–Trinajstić information content (AvgIpc) is 3.40. The summed E-state index contributed by atoms with van der Waals surface area (Å²) in [5.74, 6) is 2.09. The summed E-state index contributed by atoms with van der Waals surface area (Å²) in [6.45, 7) is 12.8. The number of hydrogen-bond acceptors (Lipinski definition) is 8. The first-order valence-corrected chi connectivity index (χ1v) is 18.4. The van der Waals surface area contributed by atoms with E-state index in [-0.39, 0.29) is 29.0 Å². The highest BCUT2D eigenvalue weighted by Gasteiger charge is 2.25. The van der Waals surface area contributed by atoms with Gasteiger partial charge in [-0.05, 0) is 86.1 Å². The van der Waals surface area contributed by atoms with Gasteiger partial charge in [0.1, 0.15) is 11.9 Å². The van der Waals surface area contributed by atoms with Gasteiger partial charge in [0.25, 0.3) is 0 Å². The number of urea groups is 1. The number of pyridine rings is 1. The number of carbonyl (C=O) groups is 1. The fraction of sp³-hybridized carbons (Fsp3) is 0.472. The second-order valence-electron chi connectivity index (χ2n) is 14.0. The normalized spacial score (nSPS) is 13.4. The van der Waals surface area contributed by atoms with Crippen LogP contribution in [0.5, 0.6) is 11.5 Å². The molecular weight excluding hydrogens is 643 g/mol. The minimum Gasteiger partial charge on any atom is -0.492 e. The predicted octanol–water partition coefficient (Wildman–Crippen LogP) is 6.70. The van der Waals surface area contributed by atoms with E-state index in [2.05, 4.69) is 63.4 Å². The molecule has 3 N–H and O–H groups in total. The summed E-state index contributed by atoms with van der Waals surface area (Å²) in [7, 11) is 1.93. The Morgan fingerprint density at radius 2 is 1.73 bits per heavy atom. The topological polar surface area (TPSA) is 139 Å². The summed E-state index contributed by atoms with van der Waals surface area (Å²) in [6, 6.07) is 15.1. The van der Waals surface area contributed by atoms with Gasteiger partial charge >= 0.3 is 6.03 Å². The van der Waals surface area contributed by atoms with Gasteiger partial charge < -0.3 is 20.1 Å². The fourth-order valence-electron chi connectivity index (χ4n) is 5.98. The number of ether oxygens (including phenoxy) is 2. The van der Waals surface area contributed by atoms with Crippen LogP contribution in [0, 0.1) is 12.8 Å². The number of aromatic nitrogens is 3. The van der Waals surface area contributed by atoms with E-state index in [9.17, 15) is 13.2 Å². The Bertz CT molecular complexity index is 1860. The van der Waals surface area contributed by atoms with Crippen LogP contribution in [0.25, 0.3) is 5.65 Å². The first-order valence-electron chi connectivity index (χ1n) is 16.5. The number of amides is 2. The van der Waals surface area contributed by atoms with Crippen LogP contribution in [-0.2, 0) is 15.4 Å². The molecule has 2 heterocycles. The first-order chi connectivity index (χ1) is 23.0. The second-order valence-corrected chi connectivity index (χ2v) is 15.8. The molecule has 0 aliphatic heterocycles. The largest absolute Gasteiger partial charge is 0.492 e. The molecule has 13 heteroatoms. The Morgan fingerprint density at radius 1 is 1.04 bits per heavy atom. The minimum atomic E-state index is -3.59. The zero-order valence-electron chi connectivity index (χ0n) is 30.3. The van der Waals surface area contributed by atoms with Crippen molar-refractivity contribution in [1.29, 1.82) is 0 Å². The number of rotatable bonds is 14. The summed E-state index contributed by atoms with van der Waals surface area (Å²) in [4.78, 5) is 15.3. The van der Waals surface area contributed by atoms with Crippen molar-refractivity contribution in [3.8, 4) is 11.5 Å². The highest BCUT2D eigenvalue weighted by molar-refractivity contribution is 7.92. The predicted molar refractivity (Wildman–Crippen MR) is 195 cm³/mol. The Morgan fingerprint density at radius 3 is 2.35 bits per heavy atom. The molecule has 12 nitrogen and oxygen atoms in total. The van der Waals surface area contributed by atoms with Crippen molar-refractivity contribution in [1.82, 2.24) is 24.8 Å². The quantitative estimate of drug-likeness (QED) is 0.124. The van der Waals surface area contributed by atoms with Crippen LogP contribution in [0.3, 0.4) is 0 Å². The van der Waals surface area contributed by atoms with E-state index < -0.39 is 16.1 Å². The van der Waals surface area contributed by atoms with Crippen LogP contribution < -0.4 is 24.8 Å². The molecule has 4 rings (SSSR count). The van der Waals surface area contributed by atoms with E-state index in [0.717, 1.165) is 34.4 Å². The molecule has 0 saturated carbocycles. The molecule has 0 fully saturated rings. The smallest absolute Gasteiger partial charge is 0.319 e. The molecule has 4 aromatic rings. The van der Waals surface area contributed by atoms with Crippen LogP contribution in [0.2, 0.25) is 0 Å². The zero-order valence-corrected chi connectivity index (χ0v) is 31.1. The van der Waals surface area contributed by atoms with Crippen molar-refractivity contribution in [3.63, 3.8) is 0 Å². The van der Waals surface area contributed by atoms with Gasteiger partial charge in [-0.1, -0.05) is 58.9 Å². The van der Waals surface area contributed by atoms with Crippen LogP contribution in [0.4, 0.5) is 16.2 Å². The van der Waals surface area contributed by atoms with E-state index in [1.165, 1.54) is 7.11 Å². The van der Waals surface area contributed by atoms with Gasteiger partial charge in [0.05, 0.1) is 37.0 Å². The average molecular weight is 694 g/mol. The highest BCUT2D eigenvalue weighted by Crippen LogP contribution is 2.39. The van der Waals surface area contributed by atoms with Gasteiger partial charge in [0, 0.05) is 6.54 Å². The van der Waals surface area contributed by atoms with Gasteiger partial charge in [-0.15, -0.1) is 10.2 Å². The number of sulfonamides is 1. The fourth-order valence-corrected chi connectivity index (χ4v) is 6.53. The lowest BCUT2D eigenvalue weighted by atomic mass is 9.86. The van der Waals surface area contributed by atoms with Gasteiger partial charge in [-0.25, -0.2) is 13.2 Å². The summed E-state index contributed by atoms with van der Waals surface area (Å²) < 4.78 is 40.9. The molecule has 2 aromatic carbocycles. The van der Waals surface area contributed by atoms with Crippen LogP contribution in [-0.4, -0.2) is 68.0 Å². The molecule has 0 aliphatic rings. The Hall–Kier alpha value is -4.36. The SMILES string of the molecule is COc1c(NC(=O)NCCC[C@@H](Oc2ccc3nnc([C@H](C(C)C)N(C)C)n3c2)c2ccccc2C)cc(C(C)(C)C)cc1NS(C)(=O)=O. The lowest BCUT2D eigenvalue weighted by molar-refractivity contribution is 0.189. The number of aryl methyl sites for hydroxylation is 1. The molecule has 0 bridgehead atoms. The van der Waals surface area contributed by atoms with E-state index in [1.807, 2.05) is 69.7 Å². The maximum atomic E-state index is 13.1. The van der Waals surface area contributed by atoms with E-state index in [1.54, 1.807) is 12.1 Å². The Balaban J connectivity index is 1.50. The summed E-state index contributed by atoms with van der Waals surface area (Å²) in [5, 5.41) is 14.7.